The largest absolute Gasteiger partial charge is 0.462 e. The Morgan fingerprint density at radius 3 is 3.00 bits per heavy atom. The molecule has 0 fully saturated rings. The smallest absolute Gasteiger partial charge is 0.341 e. The highest BCUT2D eigenvalue weighted by Gasteiger charge is 2.17. The van der Waals surface area contributed by atoms with Crippen LogP contribution in [0.1, 0.15) is 23.0 Å². The maximum absolute atomic E-state index is 11.7. The third kappa shape index (κ3) is 2.22. The summed E-state index contributed by atoms with van der Waals surface area (Å²) in [6.45, 7) is 3.85. The monoisotopic (exact) mass is 265 g/mol. The fourth-order valence-corrected chi connectivity index (χ4v) is 1.77. The number of aromatic nitrogens is 3. The molecule has 0 amide bonds. The molecule has 0 aliphatic heterocycles. The maximum atomic E-state index is 11.7. The number of ether oxygens (including phenoxy) is 1. The average molecular weight is 266 g/mol. The fourth-order valence-electron chi connectivity index (χ4n) is 1.57. The van der Waals surface area contributed by atoms with Gasteiger partial charge in [-0.1, -0.05) is 11.6 Å². The van der Waals surface area contributed by atoms with Crippen molar-refractivity contribution in [3.63, 3.8) is 0 Å². The van der Waals surface area contributed by atoms with Gasteiger partial charge in [-0.25, -0.2) is 14.5 Å². The van der Waals surface area contributed by atoms with E-state index in [2.05, 4.69) is 10.1 Å². The molecule has 0 N–H and O–H groups in total. The Balaban J connectivity index is 2.43. The van der Waals surface area contributed by atoms with Gasteiger partial charge < -0.3 is 4.74 Å². The number of carbonyl (C=O) groups excluding carboxylic acids is 1. The topological polar surface area (TPSA) is 57.0 Å². The highest BCUT2D eigenvalue weighted by Crippen LogP contribution is 2.20. The molecule has 0 spiro atoms. The van der Waals surface area contributed by atoms with Crippen LogP contribution in [-0.2, 0) is 4.74 Å². The summed E-state index contributed by atoms with van der Waals surface area (Å²) < 4.78 is 6.46. The van der Waals surface area contributed by atoms with Gasteiger partial charge in [0.25, 0.3) is 0 Å². The molecular formula is C12H12ClN3O2. The van der Waals surface area contributed by atoms with Gasteiger partial charge in [0.15, 0.2) is 5.82 Å². The van der Waals surface area contributed by atoms with Crippen molar-refractivity contribution in [1.82, 2.24) is 14.8 Å². The van der Waals surface area contributed by atoms with Crippen LogP contribution in [0.25, 0.3) is 5.82 Å². The minimum absolute atomic E-state index is 0.327. The summed E-state index contributed by atoms with van der Waals surface area (Å²) in [6.07, 6.45) is 3.07. The SMILES string of the molecule is CCOC(=O)c1cnn(-c2ncccc2Cl)c1C. The summed E-state index contributed by atoms with van der Waals surface area (Å²) in [4.78, 5) is 15.8. The molecule has 0 unspecified atom stereocenters. The van der Waals surface area contributed by atoms with Gasteiger partial charge in [-0.2, -0.15) is 5.10 Å². The van der Waals surface area contributed by atoms with Crippen molar-refractivity contribution in [3.8, 4) is 5.82 Å². The number of rotatable bonds is 3. The van der Waals surface area contributed by atoms with Crippen molar-refractivity contribution in [2.45, 2.75) is 13.8 Å². The number of hydrogen-bond donors (Lipinski definition) is 0. The first-order chi connectivity index (χ1) is 8.65. The van der Waals surface area contributed by atoms with Gasteiger partial charge in [-0.05, 0) is 26.0 Å². The summed E-state index contributed by atoms with van der Waals surface area (Å²) >= 11 is 6.04. The van der Waals surface area contributed by atoms with E-state index in [9.17, 15) is 4.79 Å². The number of halogens is 1. The Hall–Kier alpha value is -1.88. The normalized spacial score (nSPS) is 10.4. The van der Waals surface area contributed by atoms with Crippen molar-refractivity contribution in [3.05, 3.63) is 40.8 Å². The van der Waals surface area contributed by atoms with Crippen molar-refractivity contribution in [2.75, 3.05) is 6.61 Å². The summed E-state index contributed by atoms with van der Waals surface area (Å²) in [5.41, 5.74) is 1.06. The second-order valence-corrected chi connectivity index (χ2v) is 3.99. The number of pyridine rings is 1. The van der Waals surface area contributed by atoms with Crippen LogP contribution in [-0.4, -0.2) is 27.3 Å². The second kappa shape index (κ2) is 5.18. The molecule has 94 valence electrons. The first kappa shape index (κ1) is 12.6. The van der Waals surface area contributed by atoms with Crippen LogP contribution in [0.2, 0.25) is 5.02 Å². The van der Waals surface area contributed by atoms with Crippen LogP contribution in [0.5, 0.6) is 0 Å². The third-order valence-corrected chi connectivity index (χ3v) is 2.74. The van der Waals surface area contributed by atoms with Gasteiger partial charge in [0.1, 0.15) is 5.56 Å². The summed E-state index contributed by atoms with van der Waals surface area (Å²) in [5.74, 6) is 0.0977. The predicted molar refractivity (Wildman–Crippen MR) is 67.1 cm³/mol. The quantitative estimate of drug-likeness (QED) is 0.800. The van der Waals surface area contributed by atoms with Crippen molar-refractivity contribution < 1.29 is 9.53 Å². The molecule has 0 aromatic carbocycles. The molecule has 2 heterocycles. The molecule has 6 heteroatoms. The van der Waals surface area contributed by atoms with Gasteiger partial charge in [-0.15, -0.1) is 0 Å². The lowest BCUT2D eigenvalue weighted by molar-refractivity contribution is 0.0525. The predicted octanol–water partition coefficient (Wildman–Crippen LogP) is 2.41. The first-order valence-corrected chi connectivity index (χ1v) is 5.85. The lowest BCUT2D eigenvalue weighted by Crippen LogP contribution is -2.07. The molecule has 18 heavy (non-hydrogen) atoms. The minimum Gasteiger partial charge on any atom is -0.462 e. The second-order valence-electron chi connectivity index (χ2n) is 3.58. The van der Waals surface area contributed by atoms with E-state index in [4.69, 9.17) is 16.3 Å². The van der Waals surface area contributed by atoms with Crippen LogP contribution in [0, 0.1) is 6.92 Å². The highest BCUT2D eigenvalue weighted by molar-refractivity contribution is 6.32. The molecule has 0 saturated carbocycles. The molecule has 2 aromatic heterocycles. The average Bonchev–Trinajstić information content (AvgIpc) is 2.72. The van der Waals surface area contributed by atoms with Crippen LogP contribution in [0.4, 0.5) is 0 Å². The van der Waals surface area contributed by atoms with E-state index in [1.54, 1.807) is 32.2 Å². The van der Waals surface area contributed by atoms with Gasteiger partial charge in [0.2, 0.25) is 0 Å². The first-order valence-electron chi connectivity index (χ1n) is 5.47. The third-order valence-electron chi connectivity index (χ3n) is 2.44. The Morgan fingerprint density at radius 2 is 2.33 bits per heavy atom. The van der Waals surface area contributed by atoms with Gasteiger partial charge in [-0.3, -0.25) is 0 Å². The van der Waals surface area contributed by atoms with E-state index in [0.717, 1.165) is 0 Å². The zero-order chi connectivity index (χ0) is 13.1. The zero-order valence-corrected chi connectivity index (χ0v) is 10.8. The number of carbonyl (C=O) groups is 1. The van der Waals surface area contributed by atoms with E-state index in [0.29, 0.717) is 28.7 Å². The van der Waals surface area contributed by atoms with Crippen LogP contribution in [0.15, 0.2) is 24.5 Å². The molecule has 2 rings (SSSR count). The number of esters is 1. The Kier molecular flexibility index (Phi) is 3.62. The summed E-state index contributed by atoms with van der Waals surface area (Å²) in [5, 5.41) is 4.59. The fraction of sp³-hybridized carbons (Fsp3) is 0.250. The van der Waals surface area contributed by atoms with E-state index >= 15 is 0 Å². The minimum atomic E-state index is -0.395. The molecule has 0 aliphatic carbocycles. The lowest BCUT2D eigenvalue weighted by atomic mass is 10.2. The van der Waals surface area contributed by atoms with E-state index in [1.165, 1.54) is 10.9 Å². The Bertz CT molecular complexity index is 580. The summed E-state index contributed by atoms with van der Waals surface area (Å²) in [7, 11) is 0. The molecule has 0 radical (unpaired) electrons. The van der Waals surface area contributed by atoms with Crippen LogP contribution < -0.4 is 0 Å². The molecule has 5 nitrogen and oxygen atoms in total. The lowest BCUT2D eigenvalue weighted by Gasteiger charge is -2.05. The molecule has 0 aliphatic rings. The molecule has 0 bridgehead atoms. The van der Waals surface area contributed by atoms with Gasteiger partial charge in [0.05, 0.1) is 23.5 Å². The van der Waals surface area contributed by atoms with E-state index < -0.39 is 5.97 Å². The molecule has 2 aromatic rings. The van der Waals surface area contributed by atoms with E-state index in [-0.39, 0.29) is 0 Å². The standard InChI is InChI=1S/C12H12ClN3O2/c1-3-18-12(17)9-7-15-16(8(9)2)11-10(13)5-4-6-14-11/h4-7H,3H2,1-2H3. The zero-order valence-electron chi connectivity index (χ0n) is 10.1. The van der Waals surface area contributed by atoms with Gasteiger partial charge in [0, 0.05) is 6.20 Å². The Morgan fingerprint density at radius 1 is 1.56 bits per heavy atom. The molecule has 0 saturated heterocycles. The van der Waals surface area contributed by atoms with Crippen molar-refractivity contribution >= 4 is 17.6 Å². The van der Waals surface area contributed by atoms with Crippen molar-refractivity contribution in [2.24, 2.45) is 0 Å². The molecule has 0 atom stereocenters. The summed E-state index contributed by atoms with van der Waals surface area (Å²) in [6, 6.07) is 3.45. The van der Waals surface area contributed by atoms with Gasteiger partial charge >= 0.3 is 5.97 Å². The number of hydrogen-bond acceptors (Lipinski definition) is 4. The maximum Gasteiger partial charge on any atom is 0.341 e. The Labute approximate surface area is 109 Å². The van der Waals surface area contributed by atoms with Crippen molar-refractivity contribution in [1.29, 1.82) is 0 Å². The van der Waals surface area contributed by atoms with E-state index in [1.807, 2.05) is 0 Å². The van der Waals surface area contributed by atoms with Crippen LogP contribution in [0.3, 0.4) is 0 Å². The number of nitrogens with zero attached hydrogens (tertiary/aromatic N) is 3. The molecular weight excluding hydrogens is 254 g/mol. The van der Waals surface area contributed by atoms with Crippen LogP contribution >= 0.6 is 11.6 Å². The highest BCUT2D eigenvalue weighted by atomic mass is 35.5.